The Bertz CT molecular complexity index is 394. The minimum absolute atomic E-state index is 0. The maximum atomic E-state index is 8.58. The van der Waals surface area contributed by atoms with E-state index < -0.39 is 10.7 Å². The van der Waals surface area contributed by atoms with Crippen LogP contribution in [0.2, 0.25) is 0 Å². The fourth-order valence-electron chi connectivity index (χ4n) is 0.265. The van der Waals surface area contributed by atoms with Gasteiger partial charge in [0.15, 0.2) is 0 Å². The predicted octanol–water partition coefficient (Wildman–Crippen LogP) is 0.469. The summed E-state index contributed by atoms with van der Waals surface area (Å²) in [4.78, 5) is 6.19. The zero-order chi connectivity index (χ0) is 10.7. The van der Waals surface area contributed by atoms with Gasteiger partial charge in [-0.1, -0.05) is 0 Å². The van der Waals surface area contributed by atoms with Gasteiger partial charge in [-0.15, -0.1) is 0 Å². The molecule has 0 unspecified atom stereocenters. The molecule has 7 nitrogen and oxygen atoms in total. The van der Waals surface area contributed by atoms with Crippen molar-refractivity contribution < 1.29 is 44.9 Å². The number of hydrogen-bond acceptors (Lipinski definition) is 6. The second kappa shape index (κ2) is 5.52. The van der Waals surface area contributed by atoms with Crippen molar-refractivity contribution in [2.24, 2.45) is 0 Å². The van der Waals surface area contributed by atoms with Crippen LogP contribution in [0.25, 0.3) is 0 Å². The van der Waals surface area contributed by atoms with Gasteiger partial charge in [-0.2, -0.15) is 0 Å². The largest absolute Gasteiger partial charge is 2.00 e. The fraction of sp³-hybridized carbons (Fsp3) is 0. The molecule has 16 heavy (non-hydrogen) atoms. The predicted molar refractivity (Wildman–Crippen MR) is 39.7 cm³/mol. The minimum atomic E-state index is -6.17. The summed E-state index contributed by atoms with van der Waals surface area (Å²) in [7, 11) is -6.17. The van der Waals surface area contributed by atoms with Gasteiger partial charge in [0.25, 0.3) is 0 Å². The van der Waals surface area contributed by atoms with E-state index in [1.165, 1.54) is 0 Å². The molecule has 0 spiro atoms. The van der Waals surface area contributed by atoms with Crippen molar-refractivity contribution in [3.05, 3.63) is 0 Å². The van der Waals surface area contributed by atoms with Crippen molar-refractivity contribution in [2.75, 3.05) is 0 Å². The summed E-state index contributed by atoms with van der Waals surface area (Å²) in [6.07, 6.45) is 0. The van der Waals surface area contributed by atoms with E-state index >= 15 is 0 Å². The molecule has 0 aliphatic heterocycles. The Kier molecular flexibility index (Phi) is 8.26. The Balaban J connectivity index is -0.000000240. The van der Waals surface area contributed by atoms with Crippen molar-refractivity contribution in [1.82, 2.24) is 6.15 Å². The summed E-state index contributed by atoms with van der Waals surface area (Å²) < 4.78 is 0. The van der Waals surface area contributed by atoms with Crippen LogP contribution in [0, 0.1) is 61.4 Å². The molecule has 0 aromatic rings. The van der Waals surface area contributed by atoms with Crippen molar-refractivity contribution in [3.8, 4) is 29.8 Å². The molecule has 0 radical (unpaired) electrons. The molecule has 0 heterocycles. The Hall–Kier alpha value is -1.54. The first kappa shape index (κ1) is 23.9. The van der Waals surface area contributed by atoms with Crippen molar-refractivity contribution in [3.63, 3.8) is 0 Å². The maximum absolute atomic E-state index is 8.58. The molecule has 0 aromatic heterocycles. The van der Waals surface area contributed by atoms with Crippen LogP contribution in [0.4, 0.5) is 0 Å². The third kappa shape index (κ3) is 2.02. The summed E-state index contributed by atoms with van der Waals surface area (Å²) in [6, 6.07) is 0. The van der Waals surface area contributed by atoms with Crippen LogP contribution in [0.1, 0.15) is 0 Å². The molecule has 0 saturated carbocycles. The van der Waals surface area contributed by atoms with Crippen LogP contribution in [0.5, 0.6) is 0 Å². The molecule has 0 atom stereocenters. The van der Waals surface area contributed by atoms with E-state index in [0.717, 1.165) is 29.8 Å². The number of rotatable bonds is 0. The molecule has 85 valence electrons. The standard InChI is InChI=1S/6CN.3Fe.H3N/c6*1-2;;;;/h;;;;;;;;;1H3/q;;;;;;-3;2*+2;/p+1. The van der Waals surface area contributed by atoms with Crippen LogP contribution >= 0.6 is 0 Å². The molecule has 0 fully saturated rings. The van der Waals surface area contributed by atoms with Gasteiger partial charge in [-0.25, -0.2) is 0 Å². The molecule has 0 aliphatic rings. The first-order valence-electron chi connectivity index (χ1n) is 2.40. The molecule has 4 N–H and O–H groups in total. The van der Waals surface area contributed by atoms with Gasteiger partial charge < -0.3 is 6.15 Å². The Morgan fingerprint density at radius 3 is 0.625 bits per heavy atom. The van der Waals surface area contributed by atoms with Crippen molar-refractivity contribution in [1.29, 1.82) is 31.6 Å². The van der Waals surface area contributed by atoms with E-state index in [4.69, 9.17) is 31.6 Å². The molecule has 0 bridgehead atoms. The number of hydrogen-bond donors (Lipinski definition) is 1. The summed E-state index contributed by atoms with van der Waals surface area (Å²) in [6.45, 7) is 0. The fourth-order valence-corrected chi connectivity index (χ4v) is 1.09. The zero-order valence-corrected chi connectivity index (χ0v) is 11.1. The molecule has 0 saturated heterocycles. The normalized spacial score (nSPS) is 10.9. The van der Waals surface area contributed by atoms with Crippen LogP contribution in [0.15, 0.2) is 0 Å². The van der Waals surface area contributed by atoms with Gasteiger partial charge in [0.1, 0.15) is 0 Å². The maximum Gasteiger partial charge on any atom is 2.00 e. The quantitative estimate of drug-likeness (QED) is 0.625. The Labute approximate surface area is 112 Å². The van der Waals surface area contributed by atoms with E-state index in [2.05, 4.69) is 0 Å². The Morgan fingerprint density at radius 1 is 0.500 bits per heavy atom. The smallest absolute Gasteiger partial charge is 0.369 e. The summed E-state index contributed by atoms with van der Waals surface area (Å²) in [5, 5.41) is 51.5. The SMILES string of the molecule is N#[C][Fe-3]([C]#N)([C]#N)([C]#N)([C]#N)[C]#N.[Fe+2].[Fe+2].[NH4+]. The summed E-state index contributed by atoms with van der Waals surface area (Å²) >= 11 is 0. The molecule has 0 rings (SSSR count). The van der Waals surface area contributed by atoms with Gasteiger partial charge >= 0.3 is 106 Å². The summed E-state index contributed by atoms with van der Waals surface area (Å²) in [5.41, 5.74) is 0. The van der Waals surface area contributed by atoms with Crippen LogP contribution in [0.3, 0.4) is 0 Å². The van der Waals surface area contributed by atoms with Gasteiger partial charge in [0.05, 0.1) is 0 Å². The topological polar surface area (TPSA) is 179 Å². The van der Waals surface area contributed by atoms with E-state index in [1.807, 2.05) is 0 Å². The molecular formula is C6H4Fe3N7+2. The second-order valence-electron chi connectivity index (χ2n) is 1.80. The van der Waals surface area contributed by atoms with Crippen LogP contribution in [-0.2, 0) is 44.9 Å². The minimum Gasteiger partial charge on any atom is -0.369 e. The second-order valence-corrected chi connectivity index (χ2v) is 7.42. The number of nitriles is 6. The van der Waals surface area contributed by atoms with E-state index in [0.29, 0.717) is 0 Å². The third-order valence-electron chi connectivity index (χ3n) is 1.19. The monoisotopic (exact) mass is 342 g/mol. The Morgan fingerprint density at radius 2 is 0.625 bits per heavy atom. The first-order chi connectivity index (χ1) is 5.97. The van der Waals surface area contributed by atoms with Gasteiger partial charge in [0.2, 0.25) is 0 Å². The average Bonchev–Trinajstić information content (AvgIpc) is 2.26. The zero-order valence-electron chi connectivity index (χ0n) is 7.74. The van der Waals surface area contributed by atoms with Gasteiger partial charge in [-0.05, 0) is 0 Å². The average molecular weight is 342 g/mol. The van der Waals surface area contributed by atoms with Crippen molar-refractivity contribution >= 4 is 0 Å². The molecule has 0 amide bonds. The van der Waals surface area contributed by atoms with Gasteiger partial charge in [0, 0.05) is 0 Å². The number of quaternary nitrogens is 1. The molecular weight excluding hydrogens is 338 g/mol. The molecule has 0 aliphatic carbocycles. The third-order valence-corrected chi connectivity index (χ3v) is 4.89. The molecule has 10 heteroatoms. The van der Waals surface area contributed by atoms with Crippen molar-refractivity contribution in [2.45, 2.75) is 0 Å². The summed E-state index contributed by atoms with van der Waals surface area (Å²) in [5.74, 6) is 0. The van der Waals surface area contributed by atoms with Gasteiger partial charge in [-0.3, -0.25) is 0 Å². The number of nitrogens with zero attached hydrogens (tertiary/aromatic N) is 6. The molecule has 0 aromatic carbocycles. The van der Waals surface area contributed by atoms with Crippen LogP contribution in [-0.4, -0.2) is 0 Å². The van der Waals surface area contributed by atoms with Crippen LogP contribution < -0.4 is 6.15 Å². The first-order valence-corrected chi connectivity index (χ1v) is 5.71. The van der Waals surface area contributed by atoms with E-state index in [9.17, 15) is 0 Å². The van der Waals surface area contributed by atoms with E-state index in [-0.39, 0.29) is 40.3 Å². The van der Waals surface area contributed by atoms with E-state index in [1.54, 1.807) is 0 Å².